The number of anilines is 1. The number of ketones is 1. The highest BCUT2D eigenvalue weighted by Gasteiger charge is 2.24. The van der Waals surface area contributed by atoms with Gasteiger partial charge in [-0.15, -0.1) is 0 Å². The van der Waals surface area contributed by atoms with Gasteiger partial charge in [0.1, 0.15) is 17.0 Å². The van der Waals surface area contributed by atoms with Crippen molar-refractivity contribution in [1.82, 2.24) is 10.2 Å². The van der Waals surface area contributed by atoms with Crippen LogP contribution in [-0.2, 0) is 6.42 Å². The van der Waals surface area contributed by atoms with E-state index in [4.69, 9.17) is 16.0 Å². The van der Waals surface area contributed by atoms with Gasteiger partial charge in [-0.25, -0.2) is 0 Å². The third kappa shape index (κ3) is 4.29. The summed E-state index contributed by atoms with van der Waals surface area (Å²) in [5.41, 5.74) is 3.24. The van der Waals surface area contributed by atoms with Crippen LogP contribution in [0.2, 0.25) is 5.02 Å². The fourth-order valence-electron chi connectivity index (χ4n) is 3.83. The molecule has 0 saturated carbocycles. The number of para-hydroxylation sites is 1. The molecule has 0 bridgehead atoms. The number of nitrogens with zero attached hydrogens (tertiary/aromatic N) is 1. The van der Waals surface area contributed by atoms with Gasteiger partial charge in [-0.3, -0.25) is 14.7 Å². The van der Waals surface area contributed by atoms with E-state index in [1.165, 1.54) is 0 Å². The number of hydrogen-bond donors (Lipinski definition) is 3. The molecule has 3 aromatic carbocycles. The summed E-state index contributed by atoms with van der Waals surface area (Å²) in [6.07, 6.45) is 0.795. The molecule has 0 unspecified atom stereocenters. The fraction of sp³-hybridized carbons (Fsp3) is 0.0741. The first kappa shape index (κ1) is 22.4. The van der Waals surface area contributed by atoms with Crippen LogP contribution in [-0.4, -0.2) is 27.0 Å². The molecular weight excluding hydrogens is 466 g/mol. The SMILES string of the molecule is CCc1ccc(O)c(-c2cc(C(=O)Nc3c(C(=O)c4ccc(Cl)cc4)oc4ccccc34)[nH]n2)c1. The third-order valence-electron chi connectivity index (χ3n) is 5.71. The predicted octanol–water partition coefficient (Wildman–Crippen LogP) is 6.23. The molecule has 0 saturated heterocycles. The molecule has 8 heteroatoms. The summed E-state index contributed by atoms with van der Waals surface area (Å²) in [5, 5.41) is 21.1. The summed E-state index contributed by atoms with van der Waals surface area (Å²) in [5.74, 6) is -0.821. The Kier molecular flexibility index (Phi) is 5.84. The Balaban J connectivity index is 1.49. The molecule has 174 valence electrons. The van der Waals surface area contributed by atoms with Crippen molar-refractivity contribution in [2.45, 2.75) is 13.3 Å². The van der Waals surface area contributed by atoms with E-state index in [1.54, 1.807) is 60.7 Å². The van der Waals surface area contributed by atoms with Crippen molar-refractivity contribution in [3.63, 3.8) is 0 Å². The molecule has 0 aliphatic heterocycles. The quantitative estimate of drug-likeness (QED) is 0.247. The third-order valence-corrected chi connectivity index (χ3v) is 5.97. The van der Waals surface area contributed by atoms with Crippen LogP contribution in [0.15, 0.2) is 77.2 Å². The highest BCUT2D eigenvalue weighted by atomic mass is 35.5. The van der Waals surface area contributed by atoms with Crippen LogP contribution in [0.1, 0.15) is 39.1 Å². The molecular formula is C27H20ClN3O4. The number of aryl methyl sites for hydroxylation is 1. The zero-order valence-electron chi connectivity index (χ0n) is 18.6. The number of rotatable bonds is 6. The maximum atomic E-state index is 13.2. The second-order valence-electron chi connectivity index (χ2n) is 7.96. The normalized spacial score (nSPS) is 11.0. The van der Waals surface area contributed by atoms with Gasteiger partial charge >= 0.3 is 0 Å². The maximum Gasteiger partial charge on any atom is 0.273 e. The Morgan fingerprint density at radius 1 is 1.06 bits per heavy atom. The number of phenols is 1. The van der Waals surface area contributed by atoms with Crippen molar-refractivity contribution in [3.05, 3.63) is 100 Å². The molecule has 0 radical (unpaired) electrons. The fourth-order valence-corrected chi connectivity index (χ4v) is 3.95. The number of carbonyl (C=O) groups is 2. The average molecular weight is 486 g/mol. The van der Waals surface area contributed by atoms with E-state index in [9.17, 15) is 14.7 Å². The summed E-state index contributed by atoms with van der Waals surface area (Å²) in [6, 6.07) is 20.3. The molecule has 5 rings (SSSR count). The first-order valence-electron chi connectivity index (χ1n) is 11.0. The van der Waals surface area contributed by atoms with Crippen molar-refractivity contribution in [2.24, 2.45) is 0 Å². The van der Waals surface area contributed by atoms with Gasteiger partial charge in [-0.1, -0.05) is 36.7 Å². The summed E-state index contributed by atoms with van der Waals surface area (Å²) >= 11 is 5.95. The van der Waals surface area contributed by atoms with Gasteiger partial charge in [-0.05, 0) is 66.6 Å². The van der Waals surface area contributed by atoms with Crippen molar-refractivity contribution < 1.29 is 19.1 Å². The lowest BCUT2D eigenvalue weighted by molar-refractivity contribution is 0.101. The van der Waals surface area contributed by atoms with Crippen LogP contribution < -0.4 is 5.32 Å². The number of amides is 1. The lowest BCUT2D eigenvalue weighted by atomic mass is 10.0. The molecule has 0 spiro atoms. The van der Waals surface area contributed by atoms with Gasteiger partial charge in [0.25, 0.3) is 5.91 Å². The maximum absolute atomic E-state index is 13.2. The van der Waals surface area contributed by atoms with Gasteiger partial charge in [0.2, 0.25) is 5.78 Å². The van der Waals surface area contributed by atoms with Crippen LogP contribution in [0.4, 0.5) is 5.69 Å². The number of aromatic amines is 1. The number of fused-ring (bicyclic) bond motifs is 1. The van der Waals surface area contributed by atoms with Gasteiger partial charge in [-0.2, -0.15) is 5.10 Å². The first-order chi connectivity index (χ1) is 16.9. The largest absolute Gasteiger partial charge is 0.507 e. The number of aromatic hydroxyl groups is 1. The Labute approximate surface area is 205 Å². The van der Waals surface area contributed by atoms with Crippen LogP contribution in [0.25, 0.3) is 22.2 Å². The van der Waals surface area contributed by atoms with Crippen LogP contribution in [0, 0.1) is 0 Å². The number of furan rings is 1. The Hall–Kier alpha value is -4.36. The molecule has 5 aromatic rings. The molecule has 3 N–H and O–H groups in total. The Morgan fingerprint density at radius 2 is 1.83 bits per heavy atom. The molecule has 2 aromatic heterocycles. The average Bonchev–Trinajstić information content (AvgIpc) is 3.50. The minimum atomic E-state index is -0.508. The first-order valence-corrected chi connectivity index (χ1v) is 11.3. The Bertz CT molecular complexity index is 1570. The lowest BCUT2D eigenvalue weighted by Gasteiger charge is -2.05. The highest BCUT2D eigenvalue weighted by molar-refractivity contribution is 6.30. The standard InChI is InChI=1S/C27H20ClN3O4/c1-2-15-7-12-22(32)19(13-15)20-14-21(31-30-20)27(34)29-24-18-5-3-4-6-23(18)35-26(24)25(33)16-8-10-17(28)11-9-16/h3-14,32H,2H2,1H3,(H,29,34)(H,30,31). The zero-order chi connectivity index (χ0) is 24.5. The molecule has 0 aliphatic rings. The number of carbonyl (C=O) groups excluding carboxylic acids is 2. The van der Waals surface area contributed by atoms with Crippen molar-refractivity contribution in [2.75, 3.05) is 5.32 Å². The van der Waals surface area contributed by atoms with Crippen molar-refractivity contribution >= 4 is 39.9 Å². The monoisotopic (exact) mass is 485 g/mol. The minimum absolute atomic E-state index is 0.00917. The van der Waals surface area contributed by atoms with Crippen molar-refractivity contribution in [3.8, 4) is 17.0 Å². The number of aromatic nitrogens is 2. The van der Waals surface area contributed by atoms with E-state index in [0.29, 0.717) is 32.8 Å². The topological polar surface area (TPSA) is 108 Å². The lowest BCUT2D eigenvalue weighted by Crippen LogP contribution is -2.14. The zero-order valence-corrected chi connectivity index (χ0v) is 19.4. The van der Waals surface area contributed by atoms with Crippen LogP contribution >= 0.6 is 11.6 Å². The van der Waals surface area contributed by atoms with Gasteiger partial charge < -0.3 is 14.8 Å². The van der Waals surface area contributed by atoms with Crippen LogP contribution in [0.5, 0.6) is 5.75 Å². The molecule has 1 amide bonds. The molecule has 2 heterocycles. The summed E-state index contributed by atoms with van der Waals surface area (Å²) in [7, 11) is 0. The van der Waals surface area contributed by atoms with E-state index in [1.807, 2.05) is 19.1 Å². The van der Waals surface area contributed by atoms with Crippen LogP contribution in [0.3, 0.4) is 0 Å². The van der Waals surface area contributed by atoms with E-state index in [0.717, 1.165) is 12.0 Å². The second-order valence-corrected chi connectivity index (χ2v) is 8.40. The molecule has 0 atom stereocenters. The van der Waals surface area contributed by atoms with E-state index >= 15 is 0 Å². The number of halogens is 1. The van der Waals surface area contributed by atoms with E-state index < -0.39 is 5.91 Å². The van der Waals surface area contributed by atoms with Gasteiger partial charge in [0.15, 0.2) is 5.76 Å². The minimum Gasteiger partial charge on any atom is -0.507 e. The smallest absolute Gasteiger partial charge is 0.273 e. The van der Waals surface area contributed by atoms with Crippen molar-refractivity contribution in [1.29, 1.82) is 0 Å². The Morgan fingerprint density at radius 3 is 2.60 bits per heavy atom. The predicted molar refractivity (Wildman–Crippen MR) is 134 cm³/mol. The number of nitrogens with one attached hydrogen (secondary N) is 2. The summed E-state index contributed by atoms with van der Waals surface area (Å²) < 4.78 is 5.84. The highest BCUT2D eigenvalue weighted by Crippen LogP contribution is 2.34. The number of phenolic OH excluding ortho intramolecular Hbond substituents is 1. The van der Waals surface area contributed by atoms with E-state index in [-0.39, 0.29) is 28.7 Å². The van der Waals surface area contributed by atoms with Gasteiger partial charge in [0, 0.05) is 21.5 Å². The molecule has 7 nitrogen and oxygen atoms in total. The molecule has 35 heavy (non-hydrogen) atoms. The number of hydrogen-bond acceptors (Lipinski definition) is 5. The number of H-pyrrole nitrogens is 1. The summed E-state index contributed by atoms with van der Waals surface area (Å²) in [6.45, 7) is 2.01. The van der Waals surface area contributed by atoms with Gasteiger partial charge in [0.05, 0.1) is 11.4 Å². The van der Waals surface area contributed by atoms with E-state index in [2.05, 4.69) is 15.5 Å². The molecule has 0 aliphatic carbocycles. The second kappa shape index (κ2) is 9.12. The molecule has 0 fully saturated rings. The number of benzene rings is 3. The summed E-state index contributed by atoms with van der Waals surface area (Å²) in [4.78, 5) is 26.4.